The summed E-state index contributed by atoms with van der Waals surface area (Å²) in [5.41, 5.74) is 4.41. The van der Waals surface area contributed by atoms with E-state index < -0.39 is 22.6 Å². The van der Waals surface area contributed by atoms with Crippen LogP contribution in [-0.2, 0) is 11.2 Å². The molecule has 0 fully saturated rings. The van der Waals surface area contributed by atoms with E-state index in [1.807, 2.05) is 0 Å². The highest BCUT2D eigenvalue weighted by atomic mass is 19.1. The minimum Gasteiger partial charge on any atom is -0.292 e. The van der Waals surface area contributed by atoms with Gasteiger partial charge in [0.2, 0.25) is 0 Å². The third-order valence-electron chi connectivity index (χ3n) is 5.06. The van der Waals surface area contributed by atoms with Gasteiger partial charge in [-0.05, 0) is 35.7 Å². The number of nitrogens with zero attached hydrogens (tertiary/aromatic N) is 2. The van der Waals surface area contributed by atoms with Gasteiger partial charge in [0.25, 0.3) is 11.6 Å². The zero-order valence-electron chi connectivity index (χ0n) is 16.1. The molecule has 0 radical (unpaired) electrons. The third-order valence-corrected chi connectivity index (χ3v) is 5.06. The molecule has 154 valence electrons. The smallest absolute Gasteiger partial charge is 0.271 e. The number of nitro benzene ring substituents is 1. The van der Waals surface area contributed by atoms with E-state index in [4.69, 9.17) is 0 Å². The Hall–Kier alpha value is -4.20. The molecule has 31 heavy (non-hydrogen) atoms. The van der Waals surface area contributed by atoms with Crippen molar-refractivity contribution in [2.45, 2.75) is 12.3 Å². The first kappa shape index (κ1) is 20.1. The Morgan fingerprint density at radius 3 is 2.61 bits per heavy atom. The number of hydrogen-bond acceptors (Lipinski definition) is 5. The van der Waals surface area contributed by atoms with Crippen molar-refractivity contribution in [3.63, 3.8) is 0 Å². The van der Waals surface area contributed by atoms with Gasteiger partial charge >= 0.3 is 0 Å². The molecule has 1 aliphatic carbocycles. The Balaban J connectivity index is 1.61. The lowest BCUT2D eigenvalue weighted by molar-refractivity contribution is -0.384. The van der Waals surface area contributed by atoms with E-state index in [0.717, 1.165) is 11.6 Å². The van der Waals surface area contributed by atoms with Crippen molar-refractivity contribution >= 4 is 23.1 Å². The number of Topliss-reactive ketones (excluding diaryl/α,β-unsaturated/α-hetero) is 1. The van der Waals surface area contributed by atoms with Gasteiger partial charge in [-0.1, -0.05) is 42.5 Å². The molecule has 1 N–H and O–H groups in total. The van der Waals surface area contributed by atoms with Gasteiger partial charge in [0, 0.05) is 23.3 Å². The molecule has 0 aliphatic heterocycles. The molecule has 3 aromatic rings. The summed E-state index contributed by atoms with van der Waals surface area (Å²) in [4.78, 5) is 36.0. The number of hydrazone groups is 1. The molecule has 4 rings (SSSR count). The van der Waals surface area contributed by atoms with E-state index in [1.165, 1.54) is 30.3 Å². The Bertz CT molecular complexity index is 1240. The van der Waals surface area contributed by atoms with Crippen molar-refractivity contribution < 1.29 is 18.9 Å². The van der Waals surface area contributed by atoms with Gasteiger partial charge in [-0.15, -0.1) is 0 Å². The lowest BCUT2D eigenvalue weighted by Gasteiger charge is -2.09. The number of carbonyl (C=O) groups is 2. The fourth-order valence-electron chi connectivity index (χ4n) is 3.61. The Morgan fingerprint density at radius 2 is 1.84 bits per heavy atom. The van der Waals surface area contributed by atoms with Crippen LogP contribution in [0.5, 0.6) is 0 Å². The minimum atomic E-state index is -0.639. The van der Waals surface area contributed by atoms with Crippen LogP contribution in [0.25, 0.3) is 0 Å². The van der Waals surface area contributed by atoms with Gasteiger partial charge in [0.05, 0.1) is 10.8 Å². The molecule has 0 saturated heterocycles. The number of non-ortho nitro benzene ring substituents is 1. The number of ketones is 1. The topological polar surface area (TPSA) is 102 Å². The van der Waals surface area contributed by atoms with Gasteiger partial charge < -0.3 is 0 Å². The molecule has 0 bridgehead atoms. The monoisotopic (exact) mass is 417 g/mol. The maximum absolute atomic E-state index is 13.4. The number of carbonyl (C=O) groups excluding carboxylic acids is 2. The summed E-state index contributed by atoms with van der Waals surface area (Å²) in [6.07, 6.45) is 0.258. The number of nitrogens with one attached hydrogen (secondary N) is 1. The van der Waals surface area contributed by atoms with Crippen molar-refractivity contribution in [3.8, 4) is 0 Å². The predicted octanol–water partition coefficient (Wildman–Crippen LogP) is 3.78. The quantitative estimate of drug-likeness (QED) is 0.504. The van der Waals surface area contributed by atoms with E-state index in [2.05, 4.69) is 10.5 Å². The first-order chi connectivity index (χ1) is 14.9. The van der Waals surface area contributed by atoms with Gasteiger partial charge in [0.1, 0.15) is 11.5 Å². The van der Waals surface area contributed by atoms with Crippen LogP contribution in [-0.4, -0.2) is 22.3 Å². The molecule has 3 aromatic carbocycles. The number of hydrogen-bond donors (Lipinski definition) is 1. The second-order valence-electron chi connectivity index (χ2n) is 7.05. The molecule has 0 saturated carbocycles. The summed E-state index contributed by atoms with van der Waals surface area (Å²) in [7, 11) is 0. The summed E-state index contributed by atoms with van der Waals surface area (Å²) >= 11 is 0. The van der Waals surface area contributed by atoms with E-state index in [1.54, 1.807) is 36.4 Å². The largest absolute Gasteiger partial charge is 0.292 e. The molecular weight excluding hydrogens is 401 g/mol. The fourth-order valence-corrected chi connectivity index (χ4v) is 3.61. The lowest BCUT2D eigenvalue weighted by Crippen LogP contribution is -2.23. The van der Waals surface area contributed by atoms with Gasteiger partial charge in [0.15, 0.2) is 5.78 Å². The summed E-state index contributed by atoms with van der Waals surface area (Å²) in [6.45, 7) is 0. The van der Waals surface area contributed by atoms with E-state index >= 15 is 0 Å². The average Bonchev–Trinajstić information content (AvgIpc) is 3.03. The summed E-state index contributed by atoms with van der Waals surface area (Å²) in [5, 5.41) is 15.1. The van der Waals surface area contributed by atoms with Crippen molar-refractivity contribution in [2.75, 3.05) is 0 Å². The van der Waals surface area contributed by atoms with Crippen LogP contribution in [0.15, 0.2) is 77.9 Å². The first-order valence-corrected chi connectivity index (χ1v) is 9.44. The van der Waals surface area contributed by atoms with E-state index in [9.17, 15) is 24.1 Å². The molecule has 7 nitrogen and oxygen atoms in total. The van der Waals surface area contributed by atoms with Gasteiger partial charge in [-0.3, -0.25) is 19.7 Å². The third kappa shape index (κ3) is 4.09. The van der Waals surface area contributed by atoms with Crippen molar-refractivity contribution in [2.24, 2.45) is 5.10 Å². The summed E-state index contributed by atoms with van der Waals surface area (Å²) < 4.78 is 13.4. The normalized spacial score (nSPS) is 16.2. The van der Waals surface area contributed by atoms with Crippen LogP contribution < -0.4 is 5.43 Å². The number of fused-ring (bicyclic) bond motifs is 1. The second kappa shape index (κ2) is 8.27. The SMILES string of the molecule is O=C(N/N=C1/C(=O)[C@H](Cc2cccc([N+](=O)[O-])c2)c2ccccc21)c1cccc(F)c1. The van der Waals surface area contributed by atoms with Crippen molar-refractivity contribution in [3.05, 3.63) is 111 Å². The van der Waals surface area contributed by atoms with Crippen LogP contribution in [0.4, 0.5) is 10.1 Å². The number of halogens is 1. The van der Waals surface area contributed by atoms with Crippen molar-refractivity contribution in [1.82, 2.24) is 5.43 Å². The van der Waals surface area contributed by atoms with Crippen LogP contribution in [0.2, 0.25) is 0 Å². The standard InChI is InChI=1S/C23H16FN3O4/c24-16-7-4-6-15(13-16)23(29)26-25-21-19-10-2-1-9-18(19)20(22(21)28)12-14-5-3-8-17(11-14)27(30)31/h1-11,13,20H,12H2,(H,26,29)/b25-21+/t20-/m1/s1. The van der Waals surface area contributed by atoms with Crippen LogP contribution >= 0.6 is 0 Å². The number of rotatable bonds is 5. The fraction of sp³-hybridized carbons (Fsp3) is 0.0870. The Morgan fingerprint density at radius 1 is 1.06 bits per heavy atom. The molecule has 1 atom stereocenters. The molecular formula is C23H16FN3O4. The summed E-state index contributed by atoms with van der Waals surface area (Å²) in [5.74, 6) is -2.07. The number of benzene rings is 3. The van der Waals surface area contributed by atoms with Crippen LogP contribution in [0.1, 0.15) is 33.0 Å². The average molecular weight is 417 g/mol. The second-order valence-corrected chi connectivity index (χ2v) is 7.05. The minimum absolute atomic E-state index is 0.0486. The number of amides is 1. The highest BCUT2D eigenvalue weighted by molar-refractivity contribution is 6.51. The van der Waals surface area contributed by atoms with Crippen LogP contribution in [0.3, 0.4) is 0 Å². The molecule has 1 aliphatic rings. The van der Waals surface area contributed by atoms with Crippen LogP contribution in [0, 0.1) is 15.9 Å². The molecule has 0 unspecified atom stereocenters. The molecule has 0 aromatic heterocycles. The Labute approximate surface area is 176 Å². The zero-order valence-corrected chi connectivity index (χ0v) is 16.1. The lowest BCUT2D eigenvalue weighted by atomic mass is 9.93. The molecule has 0 heterocycles. The van der Waals surface area contributed by atoms with Gasteiger partial charge in [-0.25, -0.2) is 9.82 Å². The van der Waals surface area contributed by atoms with Gasteiger partial charge in [-0.2, -0.15) is 5.10 Å². The maximum Gasteiger partial charge on any atom is 0.271 e. The molecule has 8 heteroatoms. The highest BCUT2D eigenvalue weighted by Crippen LogP contribution is 2.34. The van der Waals surface area contributed by atoms with E-state index in [0.29, 0.717) is 11.1 Å². The van der Waals surface area contributed by atoms with E-state index in [-0.39, 0.29) is 29.2 Å². The predicted molar refractivity (Wildman–Crippen MR) is 111 cm³/mol. The highest BCUT2D eigenvalue weighted by Gasteiger charge is 2.36. The molecule has 0 spiro atoms. The molecule has 1 amide bonds. The zero-order chi connectivity index (χ0) is 22.0. The van der Waals surface area contributed by atoms with Crippen molar-refractivity contribution in [1.29, 1.82) is 0 Å². The maximum atomic E-state index is 13.4. The first-order valence-electron chi connectivity index (χ1n) is 9.44. The Kier molecular flexibility index (Phi) is 5.36. The number of nitro groups is 1. The summed E-state index contributed by atoms with van der Waals surface area (Å²) in [6, 6.07) is 18.3.